The molecule has 1 atom stereocenters. The SMILES string of the molecule is CCCC(=O)C(Cc1ccc([N+](=O)[O-])cc1)C(=O)COC. The van der Waals surface area contributed by atoms with Crippen molar-refractivity contribution in [2.45, 2.75) is 26.2 Å². The molecule has 21 heavy (non-hydrogen) atoms. The molecule has 0 fully saturated rings. The first-order chi connectivity index (χ1) is 9.99. The average molecular weight is 293 g/mol. The fourth-order valence-corrected chi connectivity index (χ4v) is 2.06. The van der Waals surface area contributed by atoms with Gasteiger partial charge in [0.15, 0.2) is 5.78 Å². The first kappa shape index (κ1) is 17.0. The largest absolute Gasteiger partial charge is 0.377 e. The molecule has 0 aliphatic rings. The minimum absolute atomic E-state index is 0.0154. The Bertz CT molecular complexity index is 491. The van der Waals surface area contributed by atoms with E-state index in [0.29, 0.717) is 12.8 Å². The van der Waals surface area contributed by atoms with E-state index in [1.807, 2.05) is 6.92 Å². The van der Waals surface area contributed by atoms with Crippen molar-refractivity contribution in [2.75, 3.05) is 13.7 Å². The highest BCUT2D eigenvalue weighted by Gasteiger charge is 2.25. The van der Waals surface area contributed by atoms with Gasteiger partial charge in [-0.2, -0.15) is 0 Å². The number of hydrogen-bond donors (Lipinski definition) is 0. The minimum atomic E-state index is -0.744. The monoisotopic (exact) mass is 293 g/mol. The lowest BCUT2D eigenvalue weighted by Gasteiger charge is -2.14. The van der Waals surface area contributed by atoms with Gasteiger partial charge in [-0.3, -0.25) is 19.7 Å². The number of nitrogens with zero attached hydrogens (tertiary/aromatic N) is 1. The number of hydrogen-bond acceptors (Lipinski definition) is 5. The van der Waals surface area contributed by atoms with Crippen LogP contribution in [0.15, 0.2) is 24.3 Å². The van der Waals surface area contributed by atoms with E-state index in [1.54, 1.807) is 12.1 Å². The van der Waals surface area contributed by atoms with Crippen LogP contribution in [0.1, 0.15) is 25.3 Å². The Balaban J connectivity index is 2.86. The molecule has 6 heteroatoms. The lowest BCUT2D eigenvalue weighted by atomic mass is 9.89. The van der Waals surface area contributed by atoms with E-state index in [0.717, 1.165) is 5.56 Å². The van der Waals surface area contributed by atoms with Crippen molar-refractivity contribution in [1.29, 1.82) is 0 Å². The fourth-order valence-electron chi connectivity index (χ4n) is 2.06. The van der Waals surface area contributed by atoms with Crippen LogP contribution in [0.5, 0.6) is 0 Å². The van der Waals surface area contributed by atoms with Crippen LogP contribution in [-0.2, 0) is 20.7 Å². The maximum Gasteiger partial charge on any atom is 0.269 e. The van der Waals surface area contributed by atoms with Gasteiger partial charge in [0.05, 0.1) is 10.8 Å². The number of ether oxygens (including phenoxy) is 1. The number of Topliss-reactive ketones (excluding diaryl/α,β-unsaturated/α-hetero) is 2. The summed E-state index contributed by atoms with van der Waals surface area (Å²) in [5.41, 5.74) is 0.706. The van der Waals surface area contributed by atoms with E-state index in [4.69, 9.17) is 4.74 Å². The van der Waals surface area contributed by atoms with Gasteiger partial charge < -0.3 is 4.74 Å². The van der Waals surface area contributed by atoms with Crippen LogP contribution in [-0.4, -0.2) is 30.2 Å². The van der Waals surface area contributed by atoms with Gasteiger partial charge in [0.2, 0.25) is 0 Å². The van der Waals surface area contributed by atoms with E-state index >= 15 is 0 Å². The molecular weight excluding hydrogens is 274 g/mol. The fraction of sp³-hybridized carbons (Fsp3) is 0.467. The summed E-state index contributed by atoms with van der Waals surface area (Å²) in [6, 6.07) is 5.89. The van der Waals surface area contributed by atoms with Crippen molar-refractivity contribution in [3.63, 3.8) is 0 Å². The number of benzene rings is 1. The molecule has 0 bridgehead atoms. The van der Waals surface area contributed by atoms with E-state index in [1.165, 1.54) is 19.2 Å². The van der Waals surface area contributed by atoms with E-state index in [2.05, 4.69) is 0 Å². The molecule has 1 rings (SSSR count). The summed E-state index contributed by atoms with van der Waals surface area (Å²) in [7, 11) is 1.41. The molecule has 0 aliphatic heterocycles. The molecule has 0 radical (unpaired) electrons. The Hall–Kier alpha value is -2.08. The van der Waals surface area contributed by atoms with Crippen molar-refractivity contribution in [3.05, 3.63) is 39.9 Å². The summed E-state index contributed by atoms with van der Waals surface area (Å²) in [6.07, 6.45) is 1.27. The second-order valence-corrected chi connectivity index (χ2v) is 4.80. The summed E-state index contributed by atoms with van der Waals surface area (Å²) >= 11 is 0. The Kier molecular flexibility index (Phi) is 6.68. The van der Waals surface area contributed by atoms with Crippen molar-refractivity contribution in [1.82, 2.24) is 0 Å². The number of nitro benzene ring substituents is 1. The molecule has 0 aliphatic carbocycles. The van der Waals surface area contributed by atoms with Gasteiger partial charge >= 0.3 is 0 Å². The number of carbonyl (C=O) groups excluding carboxylic acids is 2. The molecule has 0 aromatic heterocycles. The summed E-state index contributed by atoms with van der Waals surface area (Å²) < 4.78 is 4.81. The third-order valence-corrected chi connectivity index (χ3v) is 3.15. The number of ketones is 2. The lowest BCUT2D eigenvalue weighted by Crippen LogP contribution is -2.29. The average Bonchev–Trinajstić information content (AvgIpc) is 2.45. The highest BCUT2D eigenvalue weighted by atomic mass is 16.6. The van der Waals surface area contributed by atoms with Crippen LogP contribution in [0.2, 0.25) is 0 Å². The molecule has 0 saturated heterocycles. The van der Waals surface area contributed by atoms with Crippen LogP contribution in [0, 0.1) is 16.0 Å². The Morgan fingerprint density at radius 1 is 1.24 bits per heavy atom. The molecule has 1 aromatic carbocycles. The number of nitro groups is 1. The molecule has 6 nitrogen and oxygen atoms in total. The van der Waals surface area contributed by atoms with Crippen LogP contribution in [0.25, 0.3) is 0 Å². The highest BCUT2D eigenvalue weighted by Crippen LogP contribution is 2.17. The molecule has 1 aromatic rings. The number of rotatable bonds is 9. The number of non-ortho nitro benzene ring substituents is 1. The standard InChI is InChI=1S/C15H19NO5/c1-3-4-14(17)13(15(18)10-21-2)9-11-5-7-12(8-6-11)16(19)20/h5-8,13H,3-4,9-10H2,1-2H3. The second-order valence-electron chi connectivity index (χ2n) is 4.80. The van der Waals surface area contributed by atoms with Crippen molar-refractivity contribution in [3.8, 4) is 0 Å². The van der Waals surface area contributed by atoms with Crippen molar-refractivity contribution < 1.29 is 19.2 Å². The maximum absolute atomic E-state index is 12.1. The smallest absolute Gasteiger partial charge is 0.269 e. The predicted octanol–water partition coefficient (Wildman–Crippen LogP) is 2.34. The molecular formula is C15H19NO5. The van der Waals surface area contributed by atoms with Crippen LogP contribution in [0.3, 0.4) is 0 Å². The van der Waals surface area contributed by atoms with Crippen LogP contribution in [0.4, 0.5) is 5.69 Å². The molecule has 0 saturated carbocycles. The first-order valence-corrected chi connectivity index (χ1v) is 6.77. The predicted molar refractivity (Wildman–Crippen MR) is 77.1 cm³/mol. The van der Waals surface area contributed by atoms with Gasteiger partial charge in [-0.25, -0.2) is 0 Å². The van der Waals surface area contributed by atoms with Crippen LogP contribution < -0.4 is 0 Å². The van der Waals surface area contributed by atoms with Gasteiger partial charge in [0, 0.05) is 25.7 Å². The molecule has 114 valence electrons. The summed E-state index contributed by atoms with van der Waals surface area (Å²) in [6.45, 7) is 1.77. The minimum Gasteiger partial charge on any atom is -0.377 e. The third-order valence-electron chi connectivity index (χ3n) is 3.15. The Morgan fingerprint density at radius 3 is 2.33 bits per heavy atom. The molecule has 0 amide bonds. The first-order valence-electron chi connectivity index (χ1n) is 6.77. The molecule has 0 heterocycles. The molecule has 0 spiro atoms. The van der Waals surface area contributed by atoms with Gasteiger partial charge in [-0.1, -0.05) is 19.1 Å². The van der Waals surface area contributed by atoms with Gasteiger partial charge in [-0.05, 0) is 18.4 Å². The summed E-state index contributed by atoms with van der Waals surface area (Å²) in [5, 5.41) is 10.6. The topological polar surface area (TPSA) is 86.5 Å². The zero-order valence-electron chi connectivity index (χ0n) is 12.2. The second kappa shape index (κ2) is 8.26. The maximum atomic E-state index is 12.1. The Morgan fingerprint density at radius 2 is 1.86 bits per heavy atom. The van der Waals surface area contributed by atoms with E-state index in [9.17, 15) is 19.7 Å². The highest BCUT2D eigenvalue weighted by molar-refractivity contribution is 6.03. The summed E-state index contributed by atoms with van der Waals surface area (Å²) in [4.78, 5) is 34.2. The number of carbonyl (C=O) groups is 2. The lowest BCUT2D eigenvalue weighted by molar-refractivity contribution is -0.384. The normalized spacial score (nSPS) is 11.9. The van der Waals surface area contributed by atoms with Gasteiger partial charge in [0.25, 0.3) is 5.69 Å². The number of methoxy groups -OCH3 is 1. The quantitative estimate of drug-likeness (QED) is 0.396. The summed E-state index contributed by atoms with van der Waals surface area (Å²) in [5.74, 6) is -1.11. The third kappa shape index (κ3) is 5.07. The van der Waals surface area contributed by atoms with Crippen LogP contribution >= 0.6 is 0 Å². The zero-order valence-corrected chi connectivity index (χ0v) is 12.2. The van der Waals surface area contributed by atoms with Gasteiger partial charge in [-0.15, -0.1) is 0 Å². The van der Waals surface area contributed by atoms with E-state index in [-0.39, 0.29) is 30.3 Å². The van der Waals surface area contributed by atoms with E-state index < -0.39 is 10.8 Å². The molecule has 0 N–H and O–H groups in total. The Labute approximate surface area is 123 Å². The zero-order chi connectivity index (χ0) is 15.8. The molecule has 1 unspecified atom stereocenters. The van der Waals surface area contributed by atoms with Crippen molar-refractivity contribution in [2.24, 2.45) is 5.92 Å². The van der Waals surface area contributed by atoms with Gasteiger partial charge in [0.1, 0.15) is 12.4 Å². The van der Waals surface area contributed by atoms with Crippen molar-refractivity contribution >= 4 is 17.3 Å².